The number of rotatable bonds is 4. The second kappa shape index (κ2) is 7.03. The molecular weight excluding hydrogens is 318 g/mol. The van der Waals surface area contributed by atoms with Crippen LogP contribution in [0.4, 0.5) is 0 Å². The largest absolute Gasteiger partial charge is 0.481 e. The second-order valence-electron chi connectivity index (χ2n) is 6.00. The lowest BCUT2D eigenvalue weighted by atomic mass is 9.89. The average molecular weight is 337 g/mol. The van der Waals surface area contributed by atoms with Crippen molar-refractivity contribution >= 4 is 0 Å². The molecule has 128 valence electrons. The van der Waals surface area contributed by atoms with Gasteiger partial charge in [0.2, 0.25) is 17.6 Å². The van der Waals surface area contributed by atoms with Crippen molar-refractivity contribution in [3.05, 3.63) is 60.1 Å². The Kier molecular flexibility index (Phi) is 4.43. The van der Waals surface area contributed by atoms with Crippen LogP contribution in [-0.2, 0) is 4.74 Å². The maximum Gasteiger partial charge on any atom is 0.233 e. The number of benzene rings is 1. The van der Waals surface area contributed by atoms with E-state index in [1.54, 1.807) is 19.4 Å². The highest BCUT2D eigenvalue weighted by molar-refractivity contribution is 5.53. The van der Waals surface area contributed by atoms with Gasteiger partial charge in [0.1, 0.15) is 0 Å². The van der Waals surface area contributed by atoms with Crippen LogP contribution in [0.1, 0.15) is 36.3 Å². The van der Waals surface area contributed by atoms with Crippen LogP contribution in [0.3, 0.4) is 0 Å². The highest BCUT2D eigenvalue weighted by atomic mass is 16.5. The quantitative estimate of drug-likeness (QED) is 0.721. The number of methoxy groups -OCH3 is 1. The van der Waals surface area contributed by atoms with Gasteiger partial charge in [0, 0.05) is 24.4 Å². The number of ether oxygens (including phenoxy) is 2. The molecule has 1 fully saturated rings. The predicted octanol–water partition coefficient (Wildman–Crippen LogP) is 3.78. The Morgan fingerprint density at radius 2 is 2.00 bits per heavy atom. The van der Waals surface area contributed by atoms with Crippen LogP contribution in [0.25, 0.3) is 11.4 Å². The average Bonchev–Trinajstić information content (AvgIpc) is 3.19. The van der Waals surface area contributed by atoms with Gasteiger partial charge in [0.25, 0.3) is 0 Å². The lowest BCUT2D eigenvalue weighted by Crippen LogP contribution is -2.21. The summed E-state index contributed by atoms with van der Waals surface area (Å²) < 4.78 is 16.7. The van der Waals surface area contributed by atoms with E-state index in [1.807, 2.05) is 24.3 Å². The zero-order valence-electron chi connectivity index (χ0n) is 14.0. The van der Waals surface area contributed by atoms with Crippen LogP contribution in [0.15, 0.2) is 53.2 Å². The van der Waals surface area contributed by atoms with Gasteiger partial charge in [-0.1, -0.05) is 35.5 Å². The molecule has 6 nitrogen and oxygen atoms in total. The summed E-state index contributed by atoms with van der Waals surface area (Å²) in [5.74, 6) is 1.75. The Morgan fingerprint density at radius 3 is 2.76 bits per heavy atom. The molecule has 3 heterocycles. The Bertz CT molecular complexity index is 817. The molecule has 25 heavy (non-hydrogen) atoms. The van der Waals surface area contributed by atoms with E-state index in [-0.39, 0.29) is 12.0 Å². The Labute approximate surface area is 145 Å². The van der Waals surface area contributed by atoms with Crippen molar-refractivity contribution in [3.63, 3.8) is 0 Å². The molecule has 1 aliphatic rings. The first-order chi connectivity index (χ1) is 12.3. The topological polar surface area (TPSA) is 70.3 Å². The van der Waals surface area contributed by atoms with E-state index in [9.17, 15) is 0 Å². The third-order valence-corrected chi connectivity index (χ3v) is 4.41. The molecule has 0 bridgehead atoms. The van der Waals surface area contributed by atoms with Crippen LogP contribution in [0.2, 0.25) is 0 Å². The van der Waals surface area contributed by atoms with Crippen molar-refractivity contribution in [1.29, 1.82) is 0 Å². The molecule has 6 heteroatoms. The van der Waals surface area contributed by atoms with E-state index < -0.39 is 0 Å². The van der Waals surface area contributed by atoms with Crippen molar-refractivity contribution < 1.29 is 14.0 Å². The molecule has 3 aromatic rings. The molecule has 0 aliphatic carbocycles. The number of hydrogen-bond donors (Lipinski definition) is 0. The first-order valence-corrected chi connectivity index (χ1v) is 8.36. The minimum atomic E-state index is -0.0581. The van der Waals surface area contributed by atoms with Gasteiger partial charge in [-0.25, -0.2) is 4.98 Å². The van der Waals surface area contributed by atoms with Gasteiger partial charge in [-0.3, -0.25) is 0 Å². The molecule has 4 rings (SSSR count). The third kappa shape index (κ3) is 3.25. The third-order valence-electron chi connectivity index (χ3n) is 4.41. The van der Waals surface area contributed by atoms with Gasteiger partial charge in [-0.2, -0.15) is 4.98 Å². The fraction of sp³-hybridized carbons (Fsp3) is 0.316. The molecule has 2 unspecified atom stereocenters. The SMILES string of the molecule is COc1ccc(-c2noc(C3CCCOC3c3ccccc3)n2)cn1. The fourth-order valence-corrected chi connectivity index (χ4v) is 3.14. The minimum absolute atomic E-state index is 0.0581. The molecule has 2 aromatic heterocycles. The predicted molar refractivity (Wildman–Crippen MR) is 91.2 cm³/mol. The molecular formula is C19H19N3O3. The summed E-state index contributed by atoms with van der Waals surface area (Å²) in [5.41, 5.74) is 1.93. The van der Waals surface area contributed by atoms with Crippen molar-refractivity contribution in [2.24, 2.45) is 0 Å². The van der Waals surface area contributed by atoms with Crippen molar-refractivity contribution in [2.45, 2.75) is 24.9 Å². The number of pyridine rings is 1. The van der Waals surface area contributed by atoms with Gasteiger partial charge in [-0.05, 0) is 24.5 Å². The summed E-state index contributed by atoms with van der Waals surface area (Å²) >= 11 is 0. The zero-order valence-corrected chi connectivity index (χ0v) is 14.0. The minimum Gasteiger partial charge on any atom is -0.481 e. The molecule has 0 radical (unpaired) electrons. The lowest BCUT2D eigenvalue weighted by Gasteiger charge is -2.29. The van der Waals surface area contributed by atoms with E-state index in [1.165, 1.54) is 0 Å². The Hall–Kier alpha value is -2.73. The molecule has 1 aromatic carbocycles. The maximum absolute atomic E-state index is 6.02. The van der Waals surface area contributed by atoms with Crippen molar-refractivity contribution in [2.75, 3.05) is 13.7 Å². The summed E-state index contributed by atoms with van der Waals surface area (Å²) in [7, 11) is 1.58. The lowest BCUT2D eigenvalue weighted by molar-refractivity contribution is -0.0103. The highest BCUT2D eigenvalue weighted by Gasteiger charge is 2.33. The first-order valence-electron chi connectivity index (χ1n) is 8.36. The fourth-order valence-electron chi connectivity index (χ4n) is 3.14. The number of aromatic nitrogens is 3. The number of nitrogens with zero attached hydrogens (tertiary/aromatic N) is 3. The van der Waals surface area contributed by atoms with E-state index in [2.05, 4.69) is 27.3 Å². The summed E-state index contributed by atoms with van der Waals surface area (Å²) in [4.78, 5) is 8.79. The highest BCUT2D eigenvalue weighted by Crippen LogP contribution is 2.40. The van der Waals surface area contributed by atoms with Crippen LogP contribution in [-0.4, -0.2) is 28.8 Å². The second-order valence-corrected chi connectivity index (χ2v) is 6.00. The summed E-state index contributed by atoms with van der Waals surface area (Å²) in [6.07, 6.45) is 3.56. The van der Waals surface area contributed by atoms with Crippen molar-refractivity contribution in [1.82, 2.24) is 15.1 Å². The molecule has 0 amide bonds. The first kappa shape index (κ1) is 15.8. The van der Waals surface area contributed by atoms with E-state index in [0.29, 0.717) is 17.6 Å². The molecule has 1 saturated heterocycles. The molecule has 1 aliphatic heterocycles. The Balaban J connectivity index is 1.61. The normalized spacial score (nSPS) is 20.4. The van der Waals surface area contributed by atoms with Crippen LogP contribution >= 0.6 is 0 Å². The summed E-state index contributed by atoms with van der Waals surface area (Å²) in [5, 5.41) is 4.12. The molecule has 0 N–H and O–H groups in total. The summed E-state index contributed by atoms with van der Waals surface area (Å²) in [6.45, 7) is 0.749. The molecule has 0 spiro atoms. The van der Waals surface area contributed by atoms with Crippen LogP contribution in [0.5, 0.6) is 5.88 Å². The standard InChI is InChI=1S/C19H19N3O3/c1-23-16-10-9-14(12-20-16)18-21-19(25-22-18)15-8-5-11-24-17(15)13-6-3-2-4-7-13/h2-4,6-7,9-10,12,15,17H,5,8,11H2,1H3. The Morgan fingerprint density at radius 1 is 1.12 bits per heavy atom. The van der Waals surface area contributed by atoms with Gasteiger partial charge in [-0.15, -0.1) is 0 Å². The van der Waals surface area contributed by atoms with E-state index >= 15 is 0 Å². The van der Waals surface area contributed by atoms with Crippen molar-refractivity contribution in [3.8, 4) is 17.3 Å². The van der Waals surface area contributed by atoms with E-state index in [4.69, 9.17) is 14.0 Å². The van der Waals surface area contributed by atoms with Gasteiger partial charge in [0.05, 0.1) is 19.1 Å². The van der Waals surface area contributed by atoms with Crippen LogP contribution in [0, 0.1) is 0 Å². The van der Waals surface area contributed by atoms with E-state index in [0.717, 1.165) is 30.6 Å². The molecule has 2 atom stereocenters. The maximum atomic E-state index is 6.02. The summed E-state index contributed by atoms with van der Waals surface area (Å²) in [6, 6.07) is 13.8. The van der Waals surface area contributed by atoms with Gasteiger partial charge < -0.3 is 14.0 Å². The zero-order chi connectivity index (χ0) is 17.1. The molecule has 0 saturated carbocycles. The number of hydrogen-bond acceptors (Lipinski definition) is 6. The van der Waals surface area contributed by atoms with Gasteiger partial charge >= 0.3 is 0 Å². The smallest absolute Gasteiger partial charge is 0.233 e. The van der Waals surface area contributed by atoms with Crippen LogP contribution < -0.4 is 4.74 Å². The van der Waals surface area contributed by atoms with Gasteiger partial charge in [0.15, 0.2) is 0 Å². The monoisotopic (exact) mass is 337 g/mol.